The lowest BCUT2D eigenvalue weighted by Gasteiger charge is -2.35. The molecule has 32 nitrogen and oxygen atoms in total. The summed E-state index contributed by atoms with van der Waals surface area (Å²) in [5, 5.41) is 20.0. The highest BCUT2D eigenvalue weighted by atomic mass is 31.2. The number of amides is 2. The minimum absolute atomic E-state index is 0.0144. The summed E-state index contributed by atoms with van der Waals surface area (Å²) in [4.78, 5) is 102. The number of ether oxygens (including phenoxy) is 4. The molecule has 4 aromatic carbocycles. The van der Waals surface area contributed by atoms with Gasteiger partial charge in [0.05, 0.1) is 74.1 Å². The van der Waals surface area contributed by atoms with E-state index in [1.807, 2.05) is 0 Å². The van der Waals surface area contributed by atoms with E-state index in [0.717, 1.165) is 0 Å². The fraction of sp³-hybridized carbons (Fsp3) is 0.375. The van der Waals surface area contributed by atoms with Crippen LogP contribution in [-0.4, -0.2) is 168 Å². The van der Waals surface area contributed by atoms with Gasteiger partial charge in [0, 0.05) is 34.6 Å². The number of halogens is 2. The van der Waals surface area contributed by atoms with Crippen molar-refractivity contribution >= 4 is 65.9 Å². The highest BCUT2D eigenvalue weighted by Gasteiger charge is 2.53. The summed E-state index contributed by atoms with van der Waals surface area (Å²) in [6, 6.07) is 26.5. The average molecular weight is 1490 g/mol. The van der Waals surface area contributed by atoms with Gasteiger partial charge in [-0.1, -0.05) is 36.4 Å². The van der Waals surface area contributed by atoms with Crippen molar-refractivity contribution in [2.45, 2.75) is 116 Å². The SMILES string of the molecule is CC(C)OP(=O)(OC(C)C)C(Cc1ccc(C(=O)OC[C@H]2CN(c3ccc(-c4ccc(-c5nnn(C)n5)nc4)c(F)c3)C(=O)O2)cc1)P(=O)(OC(C)C)OC(C)C.Cn1nnc(-c2ccc(-c3ccc(N4C[C@H](COC(=O)c5ccc(CC(P(=O)(O)O)P(=O)(O)O)cc5)OC4=O)cc3F)cn2)n1. The van der Waals surface area contributed by atoms with Crippen LogP contribution in [0.1, 0.15) is 87.2 Å². The van der Waals surface area contributed by atoms with Gasteiger partial charge in [0.25, 0.3) is 0 Å². The van der Waals surface area contributed by atoms with Gasteiger partial charge in [-0.3, -0.25) is 38.0 Å². The number of carbonyl (C=O) groups is 4. The van der Waals surface area contributed by atoms with Crippen LogP contribution in [0.25, 0.3) is 45.3 Å². The van der Waals surface area contributed by atoms with E-state index in [1.165, 1.54) is 98.5 Å². The number of rotatable bonds is 28. The Balaban J connectivity index is 0.000000244. The van der Waals surface area contributed by atoms with E-state index in [2.05, 4.69) is 40.8 Å². The molecule has 0 unspecified atom stereocenters. The normalized spacial score (nSPS) is 15.2. The molecule has 10 rings (SSSR count). The second kappa shape index (κ2) is 32.7. The predicted octanol–water partition coefficient (Wildman–Crippen LogP) is 10.7. The Bertz CT molecular complexity index is 4420. The number of tetrazole rings is 2. The maximum absolute atomic E-state index is 15.3. The number of pyridine rings is 2. The van der Waals surface area contributed by atoms with Crippen molar-refractivity contribution in [2.75, 3.05) is 36.1 Å². The van der Waals surface area contributed by atoms with E-state index in [-0.39, 0.29) is 71.9 Å². The second-order valence-corrected chi connectivity index (χ2v) is 33.1. The molecule has 8 aromatic rings. The average Bonchev–Trinajstić information content (AvgIpc) is 1.00. The molecule has 0 saturated carbocycles. The van der Waals surface area contributed by atoms with Crippen LogP contribution in [0.3, 0.4) is 0 Å². The Kier molecular flexibility index (Phi) is 24.8. The van der Waals surface area contributed by atoms with Gasteiger partial charge in [0.2, 0.25) is 11.6 Å². The van der Waals surface area contributed by atoms with Crippen LogP contribution in [0.5, 0.6) is 0 Å². The zero-order valence-electron chi connectivity index (χ0n) is 56.6. The van der Waals surface area contributed by atoms with Crippen LogP contribution in [-0.2, 0) is 82.2 Å². The van der Waals surface area contributed by atoms with E-state index in [1.54, 1.807) is 112 Å². The van der Waals surface area contributed by atoms with Gasteiger partial charge in [0.15, 0.2) is 23.0 Å². The molecule has 2 aliphatic rings. The molecule has 544 valence electrons. The summed E-state index contributed by atoms with van der Waals surface area (Å²) < 4.78 is 127. The first-order valence-electron chi connectivity index (χ1n) is 31.6. The van der Waals surface area contributed by atoms with E-state index in [0.29, 0.717) is 39.7 Å². The molecule has 4 N–H and O–H groups in total. The number of aromatic nitrogens is 10. The number of esters is 2. The molecule has 2 fully saturated rings. The standard InChI is InChI=1S/C38H49FN6O10P2.C26H25FN6O10P2/c1-23(2)52-56(48,53-24(3)4)35(57(49,54-25(5)6)55-26(7)8)18-27-10-12-28(13-11-27)37(46)50-22-31-21-45(38(47)51-31)30-15-16-32(33(39)19-30)29-14-17-34(40-20-29)36-41-43-44(9)42-36;1-32-30-24(29-31-32)22-9-6-17(12-28-22)20-8-7-18(11-21(20)27)33-13-19(43-26(33)35)14-42-25(34)16-4-2-15(3-5-16)10-23(44(36,37)38)45(39,40)41/h10-17,19-20,23-26,31,35H,18,21-22H2,1-9H3;2-9,11-12,19,23H,10,13-14H2,1H3,(H2,36,37,38)(H2,39,40,41)/t31-;19-/m11/s1. The predicted molar refractivity (Wildman–Crippen MR) is 363 cm³/mol. The van der Waals surface area contributed by atoms with Crippen LogP contribution in [0.4, 0.5) is 29.7 Å². The number of hydrogen-bond acceptors (Lipinski definition) is 24. The number of cyclic esters (lactones) is 2. The smallest absolute Gasteiger partial charge is 0.414 e. The number of benzene rings is 4. The molecule has 0 radical (unpaired) electrons. The molecule has 2 amide bonds. The van der Waals surface area contributed by atoms with E-state index in [9.17, 15) is 57.0 Å². The van der Waals surface area contributed by atoms with Gasteiger partial charge in [-0.15, -0.1) is 20.4 Å². The van der Waals surface area contributed by atoms with Gasteiger partial charge in [-0.2, -0.15) is 9.59 Å². The number of hydrogen-bond donors (Lipinski definition) is 4. The lowest BCUT2D eigenvalue weighted by molar-refractivity contribution is 0.0297. The summed E-state index contributed by atoms with van der Waals surface area (Å²) >= 11 is 0. The number of aryl methyl sites for hydroxylation is 2. The third-order valence-corrected chi connectivity index (χ3v) is 25.0. The Morgan fingerprint density at radius 1 is 0.520 bits per heavy atom. The molecule has 102 heavy (non-hydrogen) atoms. The number of carbonyl (C=O) groups excluding carboxylic acids is 4. The maximum Gasteiger partial charge on any atom is 0.414 e. The van der Waals surface area contributed by atoms with Gasteiger partial charge in [0.1, 0.15) is 36.2 Å². The quantitative estimate of drug-likeness (QED) is 0.0201. The summed E-state index contributed by atoms with van der Waals surface area (Å²) in [6.45, 7) is 13.0. The van der Waals surface area contributed by atoms with Gasteiger partial charge < -0.3 is 56.6 Å². The molecule has 0 bridgehead atoms. The maximum atomic E-state index is 15.3. The monoisotopic (exact) mass is 1490 g/mol. The van der Waals surface area contributed by atoms with Crippen LogP contribution >= 0.6 is 30.4 Å². The lowest BCUT2D eigenvalue weighted by atomic mass is 10.1. The fourth-order valence-electron chi connectivity index (χ4n) is 10.4. The van der Waals surface area contributed by atoms with Gasteiger partial charge in [-0.05, 0) is 163 Å². The largest absolute Gasteiger partial charge is 0.458 e. The molecule has 2 aliphatic heterocycles. The molecule has 6 heterocycles. The zero-order valence-corrected chi connectivity index (χ0v) is 60.2. The van der Waals surface area contributed by atoms with E-state index in [4.69, 9.17) is 37.0 Å². The minimum Gasteiger partial charge on any atom is -0.458 e. The first-order valence-corrected chi connectivity index (χ1v) is 38.2. The van der Waals surface area contributed by atoms with Crippen LogP contribution in [0, 0.1) is 11.6 Å². The summed E-state index contributed by atoms with van der Waals surface area (Å²) in [5.41, 5.74) is 3.89. The highest BCUT2D eigenvalue weighted by molar-refractivity contribution is 7.72. The first kappa shape index (κ1) is 77.4. The van der Waals surface area contributed by atoms with E-state index < -0.39 is 120 Å². The summed E-state index contributed by atoms with van der Waals surface area (Å²) in [6.07, 6.45) is -3.02. The van der Waals surface area contributed by atoms with Crippen molar-refractivity contribution in [2.24, 2.45) is 14.1 Å². The Labute approximate surface area is 583 Å². The van der Waals surface area contributed by atoms with Crippen molar-refractivity contribution in [3.8, 4) is 45.3 Å². The molecule has 2 atom stereocenters. The van der Waals surface area contributed by atoms with Crippen molar-refractivity contribution in [3.05, 3.63) is 155 Å². The number of nitrogens with zero attached hydrogens (tertiary/aromatic N) is 12. The van der Waals surface area contributed by atoms with Crippen molar-refractivity contribution in [1.82, 2.24) is 50.4 Å². The van der Waals surface area contributed by atoms with Crippen LogP contribution in [0.2, 0.25) is 0 Å². The Morgan fingerprint density at radius 2 is 0.873 bits per heavy atom. The first-order chi connectivity index (χ1) is 48.0. The number of anilines is 2. The third-order valence-electron chi connectivity index (χ3n) is 14.9. The molecule has 38 heteroatoms. The van der Waals surface area contributed by atoms with Crippen LogP contribution in [0.15, 0.2) is 122 Å². The topological polar surface area (TPSA) is 411 Å². The Hall–Kier alpha value is -8.74. The summed E-state index contributed by atoms with van der Waals surface area (Å²) in [5.74, 6) is -2.03. The molecular weight excluding hydrogens is 1420 g/mol. The van der Waals surface area contributed by atoms with Crippen molar-refractivity contribution in [1.29, 1.82) is 0 Å². The third kappa shape index (κ3) is 19.9. The molecule has 0 spiro atoms. The van der Waals surface area contributed by atoms with Crippen molar-refractivity contribution < 1.29 is 103 Å². The molecular formula is C64H74F2N12O20P4. The second-order valence-electron chi connectivity index (χ2n) is 24.5. The van der Waals surface area contributed by atoms with Crippen LogP contribution < -0.4 is 9.80 Å². The van der Waals surface area contributed by atoms with Gasteiger partial charge in [-0.25, -0.2) is 28.0 Å². The molecule has 0 aliphatic carbocycles. The lowest BCUT2D eigenvalue weighted by Crippen LogP contribution is -2.26. The zero-order chi connectivity index (χ0) is 74.2. The molecule has 2 saturated heterocycles. The molecule has 4 aromatic heterocycles. The highest BCUT2D eigenvalue weighted by Crippen LogP contribution is 2.72. The Morgan fingerprint density at radius 3 is 1.17 bits per heavy atom. The van der Waals surface area contributed by atoms with E-state index >= 15 is 8.78 Å². The minimum atomic E-state index is -5.11. The van der Waals surface area contributed by atoms with Crippen molar-refractivity contribution in [3.63, 3.8) is 0 Å². The van der Waals surface area contributed by atoms with Gasteiger partial charge >= 0.3 is 54.5 Å². The summed E-state index contributed by atoms with van der Waals surface area (Å²) in [7, 11) is -15.2. The fourth-order valence-corrected chi connectivity index (χ4v) is 18.8.